The molecule has 0 saturated carbocycles. The zero-order chi connectivity index (χ0) is 21.2. The highest BCUT2D eigenvalue weighted by atomic mass is 16.5. The third-order valence-electron chi connectivity index (χ3n) is 5.76. The van der Waals surface area contributed by atoms with E-state index < -0.39 is 0 Å². The van der Waals surface area contributed by atoms with Crippen molar-refractivity contribution in [2.75, 3.05) is 83.6 Å². The number of nitrogens with zero attached hydrogens (tertiary/aromatic N) is 6. The molecule has 0 radical (unpaired) electrons. The van der Waals surface area contributed by atoms with Crippen LogP contribution in [0.5, 0.6) is 0 Å². The van der Waals surface area contributed by atoms with Gasteiger partial charge in [0.25, 0.3) is 0 Å². The topological polar surface area (TPSA) is 81.2 Å². The molecule has 0 aliphatic carbocycles. The lowest BCUT2D eigenvalue weighted by Gasteiger charge is -2.40. The van der Waals surface area contributed by atoms with Gasteiger partial charge in [-0.3, -0.25) is 14.8 Å². The van der Waals surface area contributed by atoms with E-state index in [1.54, 1.807) is 12.4 Å². The molecule has 168 valence electrons. The summed E-state index contributed by atoms with van der Waals surface area (Å²) in [7, 11) is 0. The smallest absolute Gasteiger partial charge is 0.225 e. The Hall–Kier alpha value is -1.97. The molecule has 1 aromatic heterocycles. The van der Waals surface area contributed by atoms with Gasteiger partial charge in [-0.05, 0) is 26.8 Å². The van der Waals surface area contributed by atoms with Crippen LogP contribution < -0.4 is 15.5 Å². The Morgan fingerprint density at radius 1 is 1.07 bits per heavy atom. The summed E-state index contributed by atoms with van der Waals surface area (Å²) in [4.78, 5) is 20.8. The highest BCUT2D eigenvalue weighted by Gasteiger charge is 2.28. The van der Waals surface area contributed by atoms with E-state index in [0.717, 1.165) is 90.6 Å². The Bertz CT molecular complexity index is 640. The van der Waals surface area contributed by atoms with Gasteiger partial charge in [-0.15, -0.1) is 0 Å². The highest BCUT2D eigenvalue weighted by molar-refractivity contribution is 5.79. The fraction of sp³-hybridized carbons (Fsp3) is 0.762. The van der Waals surface area contributed by atoms with Crippen LogP contribution in [0, 0.1) is 0 Å². The molecule has 1 aromatic rings. The lowest BCUT2D eigenvalue weighted by Crippen LogP contribution is -2.52. The standard InChI is InChI=1S/C21H38N8O/c1-4-22-19(26-18-21(2,3)29-14-16-30-17-15-29)23-8-9-27-10-12-28(13-11-27)20-24-6-5-7-25-20/h5-7H,4,8-18H2,1-3H3,(H2,22,23,26). The molecule has 3 rings (SSSR count). The maximum Gasteiger partial charge on any atom is 0.225 e. The van der Waals surface area contributed by atoms with E-state index in [9.17, 15) is 0 Å². The molecule has 0 aromatic carbocycles. The summed E-state index contributed by atoms with van der Waals surface area (Å²) in [5, 5.41) is 6.88. The minimum atomic E-state index is 0.0297. The normalized spacial score (nSPS) is 19.7. The predicted octanol–water partition coefficient (Wildman–Crippen LogP) is 0.265. The summed E-state index contributed by atoms with van der Waals surface area (Å²) in [6, 6.07) is 1.86. The van der Waals surface area contributed by atoms with Gasteiger partial charge in [-0.25, -0.2) is 9.97 Å². The molecule has 0 bridgehead atoms. The first-order valence-electron chi connectivity index (χ1n) is 11.2. The van der Waals surface area contributed by atoms with Gasteiger partial charge in [0, 0.05) is 76.8 Å². The maximum absolute atomic E-state index is 5.48. The number of aliphatic imine (C=N–C) groups is 1. The van der Waals surface area contributed by atoms with E-state index in [1.807, 2.05) is 6.07 Å². The maximum atomic E-state index is 5.48. The molecule has 2 aliphatic heterocycles. The Kier molecular flexibility index (Phi) is 8.65. The summed E-state index contributed by atoms with van der Waals surface area (Å²) in [6.45, 7) is 17.7. The molecule has 0 spiro atoms. The van der Waals surface area contributed by atoms with E-state index >= 15 is 0 Å². The number of ether oxygens (including phenoxy) is 1. The van der Waals surface area contributed by atoms with Crippen LogP contribution in [-0.4, -0.2) is 110 Å². The van der Waals surface area contributed by atoms with Crippen LogP contribution in [0.2, 0.25) is 0 Å². The zero-order valence-electron chi connectivity index (χ0n) is 18.8. The molecule has 9 nitrogen and oxygen atoms in total. The van der Waals surface area contributed by atoms with Crippen LogP contribution in [-0.2, 0) is 4.74 Å². The van der Waals surface area contributed by atoms with Crippen molar-refractivity contribution >= 4 is 11.9 Å². The molecule has 2 fully saturated rings. The van der Waals surface area contributed by atoms with Crippen molar-refractivity contribution < 1.29 is 4.74 Å². The number of guanidine groups is 1. The van der Waals surface area contributed by atoms with Crippen LogP contribution in [0.15, 0.2) is 23.5 Å². The van der Waals surface area contributed by atoms with Gasteiger partial charge in [0.05, 0.1) is 19.8 Å². The van der Waals surface area contributed by atoms with Crippen LogP contribution >= 0.6 is 0 Å². The van der Waals surface area contributed by atoms with Gasteiger partial charge >= 0.3 is 0 Å². The number of nitrogens with one attached hydrogen (secondary N) is 2. The fourth-order valence-electron chi connectivity index (χ4n) is 3.84. The molecule has 2 aliphatic rings. The molecular formula is C21H38N8O. The van der Waals surface area contributed by atoms with Crippen LogP contribution in [0.3, 0.4) is 0 Å². The molecule has 9 heteroatoms. The summed E-state index contributed by atoms with van der Waals surface area (Å²) in [6.07, 6.45) is 3.61. The summed E-state index contributed by atoms with van der Waals surface area (Å²) in [5.74, 6) is 1.73. The average molecular weight is 419 g/mol. The van der Waals surface area contributed by atoms with Crippen molar-refractivity contribution in [2.24, 2.45) is 4.99 Å². The molecule has 0 amide bonds. The average Bonchev–Trinajstić information content (AvgIpc) is 2.79. The second kappa shape index (κ2) is 11.4. The lowest BCUT2D eigenvalue weighted by molar-refractivity contribution is -0.00683. The van der Waals surface area contributed by atoms with Crippen LogP contribution in [0.1, 0.15) is 20.8 Å². The number of morpholine rings is 1. The Labute approximate surface area is 180 Å². The van der Waals surface area contributed by atoms with Crippen molar-refractivity contribution in [3.05, 3.63) is 18.5 Å². The third-order valence-corrected chi connectivity index (χ3v) is 5.76. The van der Waals surface area contributed by atoms with Gasteiger partial charge in [-0.1, -0.05) is 0 Å². The second-order valence-electron chi connectivity index (χ2n) is 8.41. The first-order valence-corrected chi connectivity index (χ1v) is 11.2. The fourth-order valence-corrected chi connectivity index (χ4v) is 3.84. The van der Waals surface area contributed by atoms with E-state index in [1.165, 1.54) is 0 Å². The number of rotatable bonds is 8. The molecular weight excluding hydrogens is 380 g/mol. The Balaban J connectivity index is 1.41. The Morgan fingerprint density at radius 2 is 1.77 bits per heavy atom. The number of aromatic nitrogens is 2. The van der Waals surface area contributed by atoms with Gasteiger partial charge in [-0.2, -0.15) is 0 Å². The molecule has 2 N–H and O–H groups in total. The molecule has 30 heavy (non-hydrogen) atoms. The SMILES string of the molecule is CCNC(=NCC(C)(C)N1CCOCC1)NCCN1CCN(c2ncccn2)CC1. The van der Waals surface area contributed by atoms with E-state index in [-0.39, 0.29) is 5.54 Å². The van der Waals surface area contributed by atoms with Crippen molar-refractivity contribution in [1.82, 2.24) is 30.4 Å². The van der Waals surface area contributed by atoms with Gasteiger partial charge < -0.3 is 20.3 Å². The number of hydrogen-bond acceptors (Lipinski definition) is 7. The minimum Gasteiger partial charge on any atom is -0.379 e. The number of anilines is 1. The van der Waals surface area contributed by atoms with Crippen molar-refractivity contribution in [3.63, 3.8) is 0 Å². The number of piperazine rings is 1. The van der Waals surface area contributed by atoms with Gasteiger partial charge in [0.2, 0.25) is 5.95 Å². The predicted molar refractivity (Wildman–Crippen MR) is 121 cm³/mol. The summed E-state index contributed by atoms with van der Waals surface area (Å²) >= 11 is 0. The minimum absolute atomic E-state index is 0.0297. The highest BCUT2D eigenvalue weighted by Crippen LogP contribution is 2.16. The second-order valence-corrected chi connectivity index (χ2v) is 8.41. The largest absolute Gasteiger partial charge is 0.379 e. The van der Waals surface area contributed by atoms with Crippen molar-refractivity contribution in [1.29, 1.82) is 0 Å². The zero-order valence-corrected chi connectivity index (χ0v) is 18.8. The quantitative estimate of drug-likeness (QED) is 0.460. The first kappa shape index (κ1) is 22.7. The first-order chi connectivity index (χ1) is 14.6. The van der Waals surface area contributed by atoms with Crippen LogP contribution in [0.4, 0.5) is 5.95 Å². The monoisotopic (exact) mass is 418 g/mol. The van der Waals surface area contributed by atoms with Gasteiger partial charge in [0.1, 0.15) is 0 Å². The lowest BCUT2D eigenvalue weighted by atomic mass is 10.0. The molecule has 0 atom stereocenters. The molecule has 0 unspecified atom stereocenters. The Morgan fingerprint density at radius 3 is 2.43 bits per heavy atom. The summed E-state index contributed by atoms with van der Waals surface area (Å²) in [5.41, 5.74) is 0.0297. The van der Waals surface area contributed by atoms with Crippen LogP contribution in [0.25, 0.3) is 0 Å². The molecule has 3 heterocycles. The van der Waals surface area contributed by atoms with E-state index in [4.69, 9.17) is 9.73 Å². The molecule has 2 saturated heterocycles. The van der Waals surface area contributed by atoms with Gasteiger partial charge in [0.15, 0.2) is 5.96 Å². The summed E-state index contributed by atoms with van der Waals surface area (Å²) < 4.78 is 5.48. The number of hydrogen-bond donors (Lipinski definition) is 2. The van der Waals surface area contributed by atoms with E-state index in [0.29, 0.717) is 0 Å². The van der Waals surface area contributed by atoms with E-state index in [2.05, 4.69) is 56.1 Å². The third kappa shape index (κ3) is 6.78. The van der Waals surface area contributed by atoms with Crippen molar-refractivity contribution in [3.8, 4) is 0 Å². The van der Waals surface area contributed by atoms with Crippen molar-refractivity contribution in [2.45, 2.75) is 26.3 Å².